The van der Waals surface area contributed by atoms with Crippen molar-refractivity contribution in [3.63, 3.8) is 0 Å². The Bertz CT molecular complexity index is 779. The first-order chi connectivity index (χ1) is 12.4. The van der Waals surface area contributed by atoms with Crippen molar-refractivity contribution >= 4 is 11.9 Å². The van der Waals surface area contributed by atoms with Crippen LogP contribution in [-0.2, 0) is 9.53 Å². The van der Waals surface area contributed by atoms with Gasteiger partial charge < -0.3 is 14.7 Å². The van der Waals surface area contributed by atoms with Gasteiger partial charge in [-0.2, -0.15) is 0 Å². The van der Waals surface area contributed by atoms with E-state index in [1.54, 1.807) is 53.4 Å². The summed E-state index contributed by atoms with van der Waals surface area (Å²) in [4.78, 5) is 25.8. The molecule has 0 unspecified atom stereocenters. The zero-order valence-corrected chi connectivity index (χ0v) is 15.1. The van der Waals surface area contributed by atoms with E-state index in [4.69, 9.17) is 4.74 Å². The Balaban J connectivity index is 1.96. The molecule has 0 aliphatic heterocycles. The zero-order chi connectivity index (χ0) is 19.1. The maximum Gasteiger partial charge on any atom is 0.338 e. The SMILES string of the molecule is C=C(C)CN(CC)C(=O)COC(=O)c1ccc(-c2ccc(O)cc2)cc1. The zero-order valence-electron chi connectivity index (χ0n) is 15.1. The molecule has 0 bridgehead atoms. The summed E-state index contributed by atoms with van der Waals surface area (Å²) in [6.45, 7) is 8.19. The molecule has 0 saturated heterocycles. The topological polar surface area (TPSA) is 66.8 Å². The van der Waals surface area contributed by atoms with E-state index in [0.29, 0.717) is 18.7 Å². The quantitative estimate of drug-likeness (QED) is 0.610. The number of ether oxygens (including phenoxy) is 1. The lowest BCUT2D eigenvalue weighted by Gasteiger charge is -2.20. The highest BCUT2D eigenvalue weighted by Crippen LogP contribution is 2.22. The third kappa shape index (κ3) is 5.21. The monoisotopic (exact) mass is 353 g/mol. The van der Waals surface area contributed by atoms with E-state index in [1.165, 1.54) is 0 Å². The minimum atomic E-state index is -0.540. The van der Waals surface area contributed by atoms with Gasteiger partial charge in [-0.3, -0.25) is 4.79 Å². The van der Waals surface area contributed by atoms with Crippen molar-refractivity contribution in [1.29, 1.82) is 0 Å². The number of rotatable bonds is 7. The number of hydrogen-bond acceptors (Lipinski definition) is 4. The summed E-state index contributed by atoms with van der Waals surface area (Å²) in [5, 5.41) is 9.33. The lowest BCUT2D eigenvalue weighted by Crippen LogP contribution is -2.35. The molecule has 136 valence electrons. The number of carbonyl (C=O) groups excluding carboxylic acids is 2. The third-order valence-electron chi connectivity index (χ3n) is 3.84. The second kappa shape index (κ2) is 8.85. The number of phenols is 1. The molecule has 2 rings (SSSR count). The molecule has 0 atom stereocenters. The van der Waals surface area contributed by atoms with Crippen LogP contribution in [0.25, 0.3) is 11.1 Å². The average Bonchev–Trinajstić information content (AvgIpc) is 2.64. The highest BCUT2D eigenvalue weighted by Gasteiger charge is 2.15. The standard InChI is InChI=1S/C21H23NO4/c1-4-22(13-15(2)3)20(24)14-26-21(25)18-7-5-16(6-8-18)17-9-11-19(23)12-10-17/h5-12,23H,2,4,13-14H2,1,3H3. The molecule has 1 amide bonds. The van der Waals surface area contributed by atoms with Crippen molar-refractivity contribution in [2.45, 2.75) is 13.8 Å². The van der Waals surface area contributed by atoms with Crippen LogP contribution in [0.3, 0.4) is 0 Å². The molecule has 26 heavy (non-hydrogen) atoms. The van der Waals surface area contributed by atoms with Gasteiger partial charge in [0.25, 0.3) is 5.91 Å². The number of esters is 1. The summed E-state index contributed by atoms with van der Waals surface area (Å²) in [6.07, 6.45) is 0. The van der Waals surface area contributed by atoms with Crippen LogP contribution in [0.4, 0.5) is 0 Å². The van der Waals surface area contributed by atoms with Crippen LogP contribution in [0.5, 0.6) is 5.75 Å². The number of nitrogens with zero attached hydrogens (tertiary/aromatic N) is 1. The van der Waals surface area contributed by atoms with Crippen molar-refractivity contribution in [3.8, 4) is 16.9 Å². The van der Waals surface area contributed by atoms with Crippen molar-refractivity contribution in [3.05, 3.63) is 66.2 Å². The minimum Gasteiger partial charge on any atom is -0.508 e. The Morgan fingerprint density at radius 2 is 1.58 bits per heavy atom. The van der Waals surface area contributed by atoms with Gasteiger partial charge in [-0.1, -0.05) is 36.4 Å². The lowest BCUT2D eigenvalue weighted by molar-refractivity contribution is -0.133. The van der Waals surface area contributed by atoms with E-state index < -0.39 is 5.97 Å². The fourth-order valence-electron chi connectivity index (χ4n) is 2.46. The normalized spacial score (nSPS) is 10.2. The fourth-order valence-corrected chi connectivity index (χ4v) is 2.46. The van der Waals surface area contributed by atoms with E-state index in [-0.39, 0.29) is 18.3 Å². The molecular weight excluding hydrogens is 330 g/mol. The molecule has 0 aliphatic carbocycles. The fraction of sp³-hybridized carbons (Fsp3) is 0.238. The molecular formula is C21H23NO4. The molecule has 0 spiro atoms. The number of likely N-dealkylation sites (N-methyl/N-ethyl adjacent to an activating group) is 1. The van der Waals surface area contributed by atoms with Crippen LogP contribution in [0.1, 0.15) is 24.2 Å². The Morgan fingerprint density at radius 3 is 2.08 bits per heavy atom. The summed E-state index contributed by atoms with van der Waals surface area (Å²) < 4.78 is 5.12. The average molecular weight is 353 g/mol. The number of phenolic OH excluding ortho intramolecular Hbond substituents is 1. The van der Waals surface area contributed by atoms with E-state index in [1.807, 2.05) is 13.8 Å². The Kier molecular flexibility index (Phi) is 6.55. The molecule has 2 aromatic rings. The summed E-state index contributed by atoms with van der Waals surface area (Å²) >= 11 is 0. The van der Waals surface area contributed by atoms with E-state index >= 15 is 0 Å². The predicted octanol–water partition coefficient (Wildman–Crippen LogP) is 3.64. The van der Waals surface area contributed by atoms with Crippen LogP contribution in [0.2, 0.25) is 0 Å². The Hall–Kier alpha value is -3.08. The van der Waals surface area contributed by atoms with Gasteiger partial charge in [-0.15, -0.1) is 0 Å². The molecule has 1 N–H and O–H groups in total. The van der Waals surface area contributed by atoms with Crippen LogP contribution in [-0.4, -0.2) is 41.6 Å². The minimum absolute atomic E-state index is 0.200. The molecule has 5 heteroatoms. The number of hydrogen-bond donors (Lipinski definition) is 1. The van der Waals surface area contributed by atoms with Crippen LogP contribution < -0.4 is 0 Å². The smallest absolute Gasteiger partial charge is 0.338 e. The van der Waals surface area contributed by atoms with Gasteiger partial charge in [0.2, 0.25) is 0 Å². The van der Waals surface area contributed by atoms with Crippen molar-refractivity contribution < 1.29 is 19.4 Å². The second-order valence-corrected chi connectivity index (χ2v) is 6.07. The summed E-state index contributed by atoms with van der Waals surface area (Å²) in [5.74, 6) is -0.585. The number of aromatic hydroxyl groups is 1. The maximum absolute atomic E-state index is 12.1. The van der Waals surface area contributed by atoms with Gasteiger partial charge in [0, 0.05) is 13.1 Å². The predicted molar refractivity (Wildman–Crippen MR) is 101 cm³/mol. The Morgan fingerprint density at radius 1 is 1.04 bits per heavy atom. The molecule has 0 fully saturated rings. The molecule has 2 aromatic carbocycles. The molecule has 5 nitrogen and oxygen atoms in total. The van der Waals surface area contributed by atoms with Gasteiger partial charge in [-0.05, 0) is 49.2 Å². The molecule has 0 saturated carbocycles. The number of amides is 1. The lowest BCUT2D eigenvalue weighted by atomic mass is 10.0. The van der Waals surface area contributed by atoms with Gasteiger partial charge >= 0.3 is 5.97 Å². The third-order valence-corrected chi connectivity index (χ3v) is 3.84. The van der Waals surface area contributed by atoms with Gasteiger partial charge in [0.05, 0.1) is 5.56 Å². The summed E-state index contributed by atoms with van der Waals surface area (Å²) in [7, 11) is 0. The van der Waals surface area contributed by atoms with E-state index in [2.05, 4.69) is 6.58 Å². The van der Waals surface area contributed by atoms with Gasteiger partial charge in [-0.25, -0.2) is 4.79 Å². The summed E-state index contributed by atoms with van der Waals surface area (Å²) in [6, 6.07) is 13.7. The van der Waals surface area contributed by atoms with Crippen molar-refractivity contribution in [1.82, 2.24) is 4.90 Å². The summed E-state index contributed by atoms with van der Waals surface area (Å²) in [5.41, 5.74) is 3.09. The molecule has 0 aromatic heterocycles. The van der Waals surface area contributed by atoms with Crippen LogP contribution in [0.15, 0.2) is 60.7 Å². The van der Waals surface area contributed by atoms with Gasteiger partial charge in [0.1, 0.15) is 5.75 Å². The van der Waals surface area contributed by atoms with E-state index in [9.17, 15) is 14.7 Å². The first kappa shape index (κ1) is 19.2. The van der Waals surface area contributed by atoms with Crippen molar-refractivity contribution in [2.75, 3.05) is 19.7 Å². The molecule has 0 heterocycles. The first-order valence-corrected chi connectivity index (χ1v) is 8.39. The first-order valence-electron chi connectivity index (χ1n) is 8.39. The molecule has 0 radical (unpaired) electrons. The van der Waals surface area contributed by atoms with Crippen LogP contribution in [0, 0.1) is 0 Å². The largest absolute Gasteiger partial charge is 0.508 e. The van der Waals surface area contributed by atoms with Crippen molar-refractivity contribution in [2.24, 2.45) is 0 Å². The van der Waals surface area contributed by atoms with E-state index in [0.717, 1.165) is 16.7 Å². The highest BCUT2D eigenvalue weighted by atomic mass is 16.5. The van der Waals surface area contributed by atoms with Crippen LogP contribution >= 0.6 is 0 Å². The Labute approximate surface area is 153 Å². The molecule has 0 aliphatic rings. The second-order valence-electron chi connectivity index (χ2n) is 6.07. The number of benzene rings is 2. The van der Waals surface area contributed by atoms with Gasteiger partial charge in [0.15, 0.2) is 6.61 Å². The highest BCUT2D eigenvalue weighted by molar-refractivity contribution is 5.92. The maximum atomic E-state index is 12.1. The number of carbonyl (C=O) groups is 2.